The van der Waals surface area contributed by atoms with Gasteiger partial charge in [0.1, 0.15) is 23.7 Å². The first-order valence-corrected chi connectivity index (χ1v) is 20.3. The zero-order valence-electron chi connectivity index (χ0n) is 34.2. The summed E-state index contributed by atoms with van der Waals surface area (Å²) >= 11 is 0. The third-order valence-electron chi connectivity index (χ3n) is 11.7. The Morgan fingerprint density at radius 1 is 0.893 bits per heavy atom. The van der Waals surface area contributed by atoms with Crippen LogP contribution in [0.15, 0.2) is 30.3 Å². The maximum atomic E-state index is 14.6. The lowest BCUT2D eigenvalue weighted by molar-refractivity contribution is -0.144. The number of ketones is 1. The van der Waals surface area contributed by atoms with Crippen molar-refractivity contribution in [1.82, 2.24) is 31.1 Å². The van der Waals surface area contributed by atoms with Gasteiger partial charge in [-0.05, 0) is 87.5 Å². The van der Waals surface area contributed by atoms with Crippen LogP contribution in [-0.2, 0) is 33.5 Å². The van der Waals surface area contributed by atoms with Crippen LogP contribution in [0.25, 0.3) is 0 Å². The van der Waals surface area contributed by atoms with E-state index in [9.17, 15) is 33.6 Å². The van der Waals surface area contributed by atoms with Crippen molar-refractivity contribution in [2.45, 2.75) is 129 Å². The molecule has 3 saturated carbocycles. The van der Waals surface area contributed by atoms with Crippen molar-refractivity contribution < 1.29 is 38.3 Å². The number of rotatable bonds is 14. The highest BCUT2D eigenvalue weighted by atomic mass is 16.6. The number of ether oxygens (including phenoxy) is 1. The van der Waals surface area contributed by atoms with E-state index in [1.807, 2.05) is 0 Å². The van der Waals surface area contributed by atoms with Crippen LogP contribution in [0, 0.1) is 29.1 Å². The van der Waals surface area contributed by atoms with Crippen LogP contribution in [-0.4, -0.2) is 102 Å². The van der Waals surface area contributed by atoms with E-state index in [2.05, 4.69) is 35.1 Å². The predicted molar refractivity (Wildman–Crippen MR) is 209 cm³/mol. The van der Waals surface area contributed by atoms with Gasteiger partial charge in [-0.2, -0.15) is 0 Å². The van der Waals surface area contributed by atoms with Crippen LogP contribution in [0.3, 0.4) is 0 Å². The molecule has 4 aliphatic rings. The van der Waals surface area contributed by atoms with E-state index in [4.69, 9.17) is 4.74 Å². The summed E-state index contributed by atoms with van der Waals surface area (Å²) in [5.74, 6) is -3.84. The van der Waals surface area contributed by atoms with Crippen molar-refractivity contribution in [2.24, 2.45) is 29.1 Å². The molecule has 1 heterocycles. The van der Waals surface area contributed by atoms with Gasteiger partial charge in [0, 0.05) is 20.6 Å². The lowest BCUT2D eigenvalue weighted by Crippen LogP contribution is -2.59. The third kappa shape index (κ3) is 11.1. The average molecular weight is 779 g/mol. The fraction of sp³-hybridized carbons (Fsp3) is 0.690. The zero-order valence-corrected chi connectivity index (χ0v) is 34.2. The molecule has 0 radical (unpaired) electrons. The van der Waals surface area contributed by atoms with Crippen LogP contribution >= 0.6 is 0 Å². The first-order valence-electron chi connectivity index (χ1n) is 20.3. The maximum Gasteiger partial charge on any atom is 0.408 e. The van der Waals surface area contributed by atoms with Gasteiger partial charge in [0.05, 0.1) is 12.6 Å². The van der Waals surface area contributed by atoms with Crippen LogP contribution in [0.4, 0.5) is 4.79 Å². The number of fused-ring (bicyclic) bond motifs is 1. The van der Waals surface area contributed by atoms with Gasteiger partial charge in [-0.3, -0.25) is 28.8 Å². The number of nitrogens with zero attached hydrogens (tertiary/aromatic N) is 2. The largest absolute Gasteiger partial charge is 0.444 e. The summed E-state index contributed by atoms with van der Waals surface area (Å²) in [5.41, 5.74) is -0.259. The normalized spacial score (nSPS) is 23.5. The SMILES string of the molecule is CN(C)C(=O)C(NC(=O)CNC(=O)C(=O)C(CC1CC1)NC(=O)C1C2CC(C)(C)CC2CN1C(=O)C(NC(=O)OC(C)(C)C)C1CCCCC1)c1ccccc1. The standard InChI is InChI=1S/C42H62N6O8/c1-41(2,3)56-40(55)46-33(27-16-12-9-13-17-27)39(54)48-24-28-21-42(4,5)22-29(28)34(48)36(51)44-30(20-25-18-19-25)35(50)37(52)43-23-31(49)45-32(38(53)47(6)7)26-14-10-8-11-15-26/h8,10-11,14-15,25,27-30,32-34H,9,12-13,16-24H2,1-7H3,(H,43,52)(H,44,51)(H,45,49)(H,46,55). The fourth-order valence-corrected chi connectivity index (χ4v) is 8.93. The van der Waals surface area contributed by atoms with Crippen molar-refractivity contribution in [2.75, 3.05) is 27.2 Å². The predicted octanol–water partition coefficient (Wildman–Crippen LogP) is 3.64. The second-order valence-electron chi connectivity index (χ2n) is 18.4. The number of carbonyl (C=O) groups excluding carboxylic acids is 7. The molecule has 1 saturated heterocycles. The van der Waals surface area contributed by atoms with Crippen molar-refractivity contribution in [3.8, 4) is 0 Å². The highest BCUT2D eigenvalue weighted by Gasteiger charge is 2.55. The number of likely N-dealkylation sites (tertiary alicyclic amines) is 1. The van der Waals surface area contributed by atoms with E-state index in [-0.39, 0.29) is 47.3 Å². The van der Waals surface area contributed by atoms with Crippen molar-refractivity contribution in [3.63, 3.8) is 0 Å². The number of nitrogens with one attached hydrogen (secondary N) is 4. The number of carbonyl (C=O) groups is 7. The molecule has 4 fully saturated rings. The Labute approximate surface area is 331 Å². The molecular formula is C42H62N6O8. The van der Waals surface area contributed by atoms with Crippen LogP contribution in [0.1, 0.15) is 110 Å². The molecule has 0 spiro atoms. The van der Waals surface area contributed by atoms with Gasteiger partial charge in [0.2, 0.25) is 29.4 Å². The smallest absolute Gasteiger partial charge is 0.408 e. The van der Waals surface area contributed by atoms with Crippen LogP contribution in [0.5, 0.6) is 0 Å². The highest BCUT2D eigenvalue weighted by Crippen LogP contribution is 2.51. The van der Waals surface area contributed by atoms with E-state index in [1.54, 1.807) is 70.1 Å². The van der Waals surface area contributed by atoms with Gasteiger partial charge in [-0.15, -0.1) is 0 Å². The molecule has 14 nitrogen and oxygen atoms in total. The average Bonchev–Trinajstić information content (AvgIpc) is 3.82. The lowest BCUT2D eigenvalue weighted by atomic mass is 9.83. The maximum absolute atomic E-state index is 14.6. The molecule has 6 atom stereocenters. The minimum Gasteiger partial charge on any atom is -0.444 e. The quantitative estimate of drug-likeness (QED) is 0.207. The van der Waals surface area contributed by atoms with Gasteiger partial charge >= 0.3 is 6.09 Å². The molecule has 3 aliphatic carbocycles. The number of hydrogen-bond donors (Lipinski definition) is 4. The second kappa shape index (κ2) is 17.8. The Morgan fingerprint density at radius 3 is 2.16 bits per heavy atom. The molecule has 56 heavy (non-hydrogen) atoms. The topological polar surface area (TPSA) is 183 Å². The van der Waals surface area contributed by atoms with Crippen molar-refractivity contribution in [1.29, 1.82) is 0 Å². The number of alkyl carbamates (subject to hydrolysis) is 1. The van der Waals surface area contributed by atoms with E-state index in [0.29, 0.717) is 18.5 Å². The van der Waals surface area contributed by atoms with Gasteiger partial charge in [0.15, 0.2) is 0 Å². The summed E-state index contributed by atoms with van der Waals surface area (Å²) in [5, 5.41) is 10.8. The lowest BCUT2D eigenvalue weighted by Gasteiger charge is -2.36. The Kier molecular flexibility index (Phi) is 13.5. The van der Waals surface area contributed by atoms with E-state index >= 15 is 0 Å². The van der Waals surface area contributed by atoms with Crippen molar-refractivity contribution in [3.05, 3.63) is 35.9 Å². The summed E-state index contributed by atoms with van der Waals surface area (Å²) < 4.78 is 5.57. The molecule has 1 aliphatic heterocycles. The van der Waals surface area contributed by atoms with E-state index in [1.165, 1.54) is 4.90 Å². The summed E-state index contributed by atoms with van der Waals surface area (Å²) in [6, 6.07) is 4.78. The Bertz CT molecular complexity index is 1630. The Balaban J connectivity index is 1.31. The summed E-state index contributed by atoms with van der Waals surface area (Å²) in [7, 11) is 3.15. The fourth-order valence-electron chi connectivity index (χ4n) is 8.93. The summed E-state index contributed by atoms with van der Waals surface area (Å²) in [6.45, 7) is 9.38. The highest BCUT2D eigenvalue weighted by molar-refractivity contribution is 6.38. The molecule has 308 valence electrons. The Hall–Kier alpha value is -4.49. The van der Waals surface area contributed by atoms with Crippen molar-refractivity contribution >= 4 is 41.4 Å². The molecule has 0 aromatic heterocycles. The van der Waals surface area contributed by atoms with Crippen LogP contribution in [0.2, 0.25) is 0 Å². The minimum absolute atomic E-state index is 0.0525. The number of benzene rings is 1. The monoisotopic (exact) mass is 778 g/mol. The number of hydrogen-bond acceptors (Lipinski definition) is 8. The van der Waals surface area contributed by atoms with Gasteiger partial charge in [-0.25, -0.2) is 4.79 Å². The summed E-state index contributed by atoms with van der Waals surface area (Å²) in [4.78, 5) is 98.2. The first-order chi connectivity index (χ1) is 26.3. The molecule has 14 heteroatoms. The minimum atomic E-state index is -1.16. The van der Waals surface area contributed by atoms with E-state index in [0.717, 1.165) is 51.4 Å². The van der Waals surface area contributed by atoms with Crippen LogP contribution < -0.4 is 21.3 Å². The van der Waals surface area contributed by atoms with E-state index < -0.39 is 65.9 Å². The molecule has 6 unspecified atom stereocenters. The molecule has 1 aromatic carbocycles. The van der Waals surface area contributed by atoms with Gasteiger partial charge in [0.25, 0.3) is 5.91 Å². The molecule has 5 rings (SSSR count). The molecule has 4 N–H and O–H groups in total. The summed E-state index contributed by atoms with van der Waals surface area (Å²) in [6.07, 6.45) is 7.25. The third-order valence-corrected chi connectivity index (χ3v) is 11.7. The second-order valence-corrected chi connectivity index (χ2v) is 18.4. The molecule has 0 bridgehead atoms. The number of amides is 6. The number of likely N-dealkylation sites (N-methyl/N-ethyl adjacent to an activating group) is 1. The molecule has 6 amide bonds. The van der Waals surface area contributed by atoms with Gasteiger partial charge in [-0.1, -0.05) is 76.3 Å². The van der Waals surface area contributed by atoms with Gasteiger partial charge < -0.3 is 35.8 Å². The molecular weight excluding hydrogens is 716 g/mol. The molecule has 1 aromatic rings. The number of Topliss-reactive ketones (excluding diaryl/α,β-unsaturated/α-hetero) is 1. The first kappa shape index (κ1) is 42.6. The zero-order chi connectivity index (χ0) is 40.9. The Morgan fingerprint density at radius 2 is 1.55 bits per heavy atom.